The highest BCUT2D eigenvalue weighted by molar-refractivity contribution is 6.18. The molecular weight excluding hydrogens is 443 g/mol. The molecule has 34 heavy (non-hydrogen) atoms. The summed E-state index contributed by atoms with van der Waals surface area (Å²) >= 11 is 0. The molecule has 0 amide bonds. The van der Waals surface area contributed by atoms with Crippen molar-refractivity contribution < 1.29 is 37.8 Å². The van der Waals surface area contributed by atoms with Crippen LogP contribution in [0.15, 0.2) is 66.7 Å². The van der Waals surface area contributed by atoms with E-state index < -0.39 is 47.1 Å². The fraction of sp³-hybridized carbons (Fsp3) is 0.154. The molecule has 0 bridgehead atoms. The van der Waals surface area contributed by atoms with Crippen LogP contribution in [0.3, 0.4) is 0 Å². The van der Waals surface area contributed by atoms with Crippen molar-refractivity contribution >= 4 is 23.5 Å². The van der Waals surface area contributed by atoms with Crippen molar-refractivity contribution in [3.63, 3.8) is 0 Å². The summed E-state index contributed by atoms with van der Waals surface area (Å²) in [6, 6.07) is 16.1. The molecule has 170 valence electrons. The predicted octanol–water partition coefficient (Wildman–Crippen LogP) is 3.75. The Bertz CT molecular complexity index is 1290. The maximum absolute atomic E-state index is 14.7. The first-order valence-electron chi connectivity index (χ1n) is 10.4. The molecule has 0 aromatic heterocycles. The van der Waals surface area contributed by atoms with E-state index in [2.05, 4.69) is 0 Å². The zero-order valence-electron chi connectivity index (χ0n) is 17.8. The lowest BCUT2D eigenvalue weighted by atomic mass is 9.70. The minimum atomic E-state index is -1.57. The number of hydrogen-bond donors (Lipinski definition) is 0. The predicted molar refractivity (Wildman–Crippen MR) is 115 cm³/mol. The molecule has 0 saturated carbocycles. The van der Waals surface area contributed by atoms with Gasteiger partial charge in [-0.1, -0.05) is 30.3 Å². The Morgan fingerprint density at radius 1 is 0.765 bits per heavy atom. The van der Waals surface area contributed by atoms with Crippen molar-refractivity contribution in [1.82, 2.24) is 0 Å². The second-order valence-electron chi connectivity index (χ2n) is 7.94. The summed E-state index contributed by atoms with van der Waals surface area (Å²) in [5.74, 6) is -8.36. The van der Waals surface area contributed by atoms with E-state index in [1.54, 1.807) is 24.3 Å². The first-order valence-corrected chi connectivity index (χ1v) is 10.4. The van der Waals surface area contributed by atoms with Gasteiger partial charge in [0.25, 0.3) is 0 Å². The summed E-state index contributed by atoms with van der Waals surface area (Å²) in [4.78, 5) is 53.1. The normalized spacial score (nSPS) is 20.1. The van der Waals surface area contributed by atoms with Gasteiger partial charge in [0.1, 0.15) is 23.3 Å². The molecule has 0 fully saturated rings. The molecule has 0 saturated heterocycles. The lowest BCUT2D eigenvalue weighted by molar-refractivity contribution is -0.142. The second kappa shape index (κ2) is 8.22. The number of benzene rings is 3. The first kappa shape index (κ1) is 21.5. The maximum atomic E-state index is 14.7. The van der Waals surface area contributed by atoms with E-state index in [0.29, 0.717) is 0 Å². The highest BCUT2D eigenvalue weighted by Crippen LogP contribution is 2.44. The topological polar surface area (TPSA) is 96.0 Å². The molecule has 3 aromatic rings. The summed E-state index contributed by atoms with van der Waals surface area (Å²) < 4.78 is 30.4. The average Bonchev–Trinajstić information content (AvgIpc) is 2.83. The largest absolute Gasteiger partial charge is 0.494 e. The minimum absolute atomic E-state index is 0.0757. The molecule has 2 aliphatic heterocycles. The van der Waals surface area contributed by atoms with Crippen LogP contribution in [-0.4, -0.2) is 30.6 Å². The molecule has 0 radical (unpaired) electrons. The molecule has 2 atom stereocenters. The number of methoxy groups -OCH3 is 1. The van der Waals surface area contributed by atoms with Gasteiger partial charge in [-0.15, -0.1) is 0 Å². The first-order chi connectivity index (χ1) is 16.4. The van der Waals surface area contributed by atoms with Gasteiger partial charge in [0.2, 0.25) is 0 Å². The maximum Gasteiger partial charge on any atom is 0.322 e. The number of halogens is 1. The summed E-state index contributed by atoms with van der Waals surface area (Å²) in [6.07, 6.45) is 0. The average molecular weight is 460 g/mol. The van der Waals surface area contributed by atoms with E-state index in [1.165, 1.54) is 43.5 Å². The number of esters is 2. The molecule has 0 aliphatic carbocycles. The fourth-order valence-electron chi connectivity index (χ4n) is 4.50. The third kappa shape index (κ3) is 3.35. The zero-order valence-corrected chi connectivity index (χ0v) is 17.8. The van der Waals surface area contributed by atoms with E-state index in [0.717, 1.165) is 6.07 Å². The van der Waals surface area contributed by atoms with Crippen molar-refractivity contribution in [3.05, 3.63) is 89.2 Å². The third-order valence-corrected chi connectivity index (χ3v) is 6.08. The van der Waals surface area contributed by atoms with Crippen molar-refractivity contribution in [2.75, 3.05) is 7.11 Å². The molecule has 5 rings (SSSR count). The van der Waals surface area contributed by atoms with Crippen LogP contribution in [0.4, 0.5) is 4.39 Å². The van der Waals surface area contributed by atoms with Gasteiger partial charge in [-0.25, -0.2) is 4.39 Å². The van der Waals surface area contributed by atoms with Crippen LogP contribution >= 0.6 is 0 Å². The van der Waals surface area contributed by atoms with Crippen LogP contribution in [0, 0.1) is 17.7 Å². The summed E-state index contributed by atoms with van der Waals surface area (Å²) in [5.41, 5.74) is 0.342. The highest BCUT2D eigenvalue weighted by atomic mass is 19.1. The lowest BCUT2D eigenvalue weighted by Crippen LogP contribution is -2.46. The van der Waals surface area contributed by atoms with Crippen molar-refractivity contribution in [1.29, 1.82) is 0 Å². The molecular formula is C26H17FO7. The van der Waals surface area contributed by atoms with Crippen LogP contribution in [0.25, 0.3) is 0 Å². The van der Waals surface area contributed by atoms with E-state index in [-0.39, 0.29) is 33.9 Å². The molecule has 7 nitrogen and oxygen atoms in total. The van der Waals surface area contributed by atoms with Gasteiger partial charge in [0.15, 0.2) is 23.1 Å². The number of para-hydroxylation sites is 2. The summed E-state index contributed by atoms with van der Waals surface area (Å²) in [6.45, 7) is 0. The van der Waals surface area contributed by atoms with Crippen LogP contribution in [0.1, 0.15) is 32.2 Å². The van der Waals surface area contributed by atoms with E-state index in [4.69, 9.17) is 14.2 Å². The van der Waals surface area contributed by atoms with Gasteiger partial charge >= 0.3 is 11.9 Å². The van der Waals surface area contributed by atoms with Crippen LogP contribution in [-0.2, 0) is 9.59 Å². The number of fused-ring (bicyclic) bond motifs is 2. The standard InChI is InChI=1S/C26H17FO7/c1-32-19-11-10-13(12-16(19)27)20(21-23(28)14-6-2-4-8-17(14)33-25(21)30)22-24(29)15-7-3-5-9-18(15)34-26(22)31/h2-12,20-22H,1H3. The zero-order chi connectivity index (χ0) is 24.0. The Balaban J connectivity index is 1.68. The summed E-state index contributed by atoms with van der Waals surface area (Å²) in [5, 5.41) is 0. The number of carbonyl (C=O) groups is 4. The molecule has 8 heteroatoms. The number of Topliss-reactive ketones (excluding diaryl/α,β-unsaturated/α-hetero) is 2. The minimum Gasteiger partial charge on any atom is -0.494 e. The molecule has 0 N–H and O–H groups in total. The van der Waals surface area contributed by atoms with Gasteiger partial charge in [-0.05, 0) is 42.0 Å². The summed E-state index contributed by atoms with van der Waals surface area (Å²) in [7, 11) is 1.29. The van der Waals surface area contributed by atoms with Crippen molar-refractivity contribution in [2.24, 2.45) is 11.8 Å². The van der Waals surface area contributed by atoms with Gasteiger partial charge in [0, 0.05) is 5.92 Å². The Morgan fingerprint density at radius 3 is 1.74 bits per heavy atom. The highest BCUT2D eigenvalue weighted by Gasteiger charge is 2.52. The number of ketones is 2. The van der Waals surface area contributed by atoms with Crippen LogP contribution < -0.4 is 14.2 Å². The van der Waals surface area contributed by atoms with E-state index >= 15 is 0 Å². The van der Waals surface area contributed by atoms with Gasteiger partial charge in [-0.3, -0.25) is 19.2 Å². The van der Waals surface area contributed by atoms with Crippen molar-refractivity contribution in [3.8, 4) is 17.2 Å². The molecule has 2 aliphatic rings. The van der Waals surface area contributed by atoms with E-state index in [1.807, 2.05) is 0 Å². The SMILES string of the molecule is COc1ccc(C(C2C(=O)Oc3ccccc3C2=O)C2C(=O)Oc3ccccc3C2=O)cc1F. The lowest BCUT2D eigenvalue weighted by Gasteiger charge is -2.34. The Labute approximate surface area is 193 Å². The van der Waals surface area contributed by atoms with Gasteiger partial charge in [-0.2, -0.15) is 0 Å². The Morgan fingerprint density at radius 2 is 1.26 bits per heavy atom. The monoisotopic (exact) mass is 460 g/mol. The van der Waals surface area contributed by atoms with E-state index in [9.17, 15) is 23.6 Å². The van der Waals surface area contributed by atoms with Gasteiger partial charge in [0.05, 0.1) is 18.2 Å². The van der Waals surface area contributed by atoms with Crippen LogP contribution in [0.5, 0.6) is 17.2 Å². The molecule has 0 spiro atoms. The number of carbonyl (C=O) groups excluding carboxylic acids is 4. The number of hydrogen-bond acceptors (Lipinski definition) is 7. The fourth-order valence-corrected chi connectivity index (χ4v) is 4.50. The smallest absolute Gasteiger partial charge is 0.322 e. The Kier molecular flexibility index (Phi) is 5.20. The second-order valence-corrected chi connectivity index (χ2v) is 7.94. The molecule has 2 unspecified atom stereocenters. The molecule has 3 aromatic carbocycles. The Hall–Kier alpha value is -4.33. The third-order valence-electron chi connectivity index (χ3n) is 6.08. The van der Waals surface area contributed by atoms with Gasteiger partial charge < -0.3 is 14.2 Å². The van der Waals surface area contributed by atoms with Crippen molar-refractivity contribution in [2.45, 2.75) is 5.92 Å². The quantitative estimate of drug-likeness (QED) is 0.332. The van der Waals surface area contributed by atoms with Crippen LogP contribution in [0.2, 0.25) is 0 Å². The number of ether oxygens (including phenoxy) is 3. The molecule has 2 heterocycles. The number of rotatable bonds is 4.